The average molecular weight is 764 g/mol. The molecular formula is C43H74NO8P. The molecule has 2 unspecified atom stereocenters. The summed E-state index contributed by atoms with van der Waals surface area (Å²) in [5.41, 5.74) is 5.34. The van der Waals surface area contributed by atoms with Crippen molar-refractivity contribution in [2.45, 2.75) is 154 Å². The molecule has 0 aliphatic rings. The molecule has 0 rings (SSSR count). The van der Waals surface area contributed by atoms with Gasteiger partial charge < -0.3 is 25.2 Å². The number of carbonyl (C=O) groups excluding carboxylic acids is 1. The molecule has 53 heavy (non-hydrogen) atoms. The Bertz CT molecular complexity index is 1100. The molecule has 0 heterocycles. The van der Waals surface area contributed by atoms with Crippen LogP contribution in [0.3, 0.4) is 0 Å². The van der Waals surface area contributed by atoms with Crippen LogP contribution >= 0.6 is 7.82 Å². The molecule has 9 nitrogen and oxygen atoms in total. The highest BCUT2D eigenvalue weighted by atomic mass is 31.2. The van der Waals surface area contributed by atoms with Gasteiger partial charge in [-0.05, 0) is 83.1 Å². The number of esters is 1. The van der Waals surface area contributed by atoms with Gasteiger partial charge in [-0.15, -0.1) is 0 Å². The van der Waals surface area contributed by atoms with Crippen LogP contribution in [0.2, 0.25) is 0 Å². The number of aliphatic hydroxyl groups is 1. The van der Waals surface area contributed by atoms with Crippen molar-refractivity contribution in [3.05, 3.63) is 85.3 Å². The number of hydrogen-bond acceptors (Lipinski definition) is 8. The number of unbranched alkanes of at least 4 members (excludes halogenated alkanes) is 11. The van der Waals surface area contributed by atoms with E-state index in [1.807, 2.05) is 18.2 Å². The van der Waals surface area contributed by atoms with Gasteiger partial charge in [0.25, 0.3) is 0 Å². The second-order valence-electron chi connectivity index (χ2n) is 13.0. The predicted molar refractivity (Wildman–Crippen MR) is 220 cm³/mol. The lowest BCUT2D eigenvalue weighted by molar-refractivity contribution is -0.153. The first kappa shape index (κ1) is 50.5. The van der Waals surface area contributed by atoms with Crippen LogP contribution in [0.4, 0.5) is 0 Å². The molecule has 0 aromatic heterocycles. The molecule has 0 fully saturated rings. The van der Waals surface area contributed by atoms with Crippen molar-refractivity contribution in [2.75, 3.05) is 26.4 Å². The van der Waals surface area contributed by atoms with Gasteiger partial charge in [0, 0.05) is 13.0 Å². The van der Waals surface area contributed by atoms with E-state index in [0.29, 0.717) is 12.8 Å². The van der Waals surface area contributed by atoms with E-state index in [9.17, 15) is 19.4 Å². The molecule has 0 radical (unpaired) electrons. The molecular weight excluding hydrogens is 689 g/mol. The predicted octanol–water partition coefficient (Wildman–Crippen LogP) is 11.1. The first-order valence-corrected chi connectivity index (χ1v) is 21.7. The number of rotatable bonds is 37. The third-order valence-electron chi connectivity index (χ3n) is 7.96. The normalized spacial score (nSPS) is 15.0. The van der Waals surface area contributed by atoms with Crippen LogP contribution in [0.1, 0.15) is 142 Å². The number of aliphatic hydroxyl groups excluding tert-OH is 1. The summed E-state index contributed by atoms with van der Waals surface area (Å²) in [6.45, 7) is 3.85. The van der Waals surface area contributed by atoms with E-state index in [4.69, 9.17) is 24.3 Å². The lowest BCUT2D eigenvalue weighted by atomic mass is 10.1. The van der Waals surface area contributed by atoms with Gasteiger partial charge in [-0.3, -0.25) is 13.8 Å². The molecule has 0 bridgehead atoms. The highest BCUT2D eigenvalue weighted by Gasteiger charge is 2.25. The zero-order valence-electron chi connectivity index (χ0n) is 33.1. The minimum absolute atomic E-state index is 0.0491. The van der Waals surface area contributed by atoms with Crippen LogP contribution in [-0.2, 0) is 27.9 Å². The number of phosphoric acid groups is 1. The second kappa shape index (κ2) is 39.2. The summed E-state index contributed by atoms with van der Waals surface area (Å²) in [5, 5.41) is 10.3. The third-order valence-corrected chi connectivity index (χ3v) is 8.95. The number of hydrogen-bond donors (Lipinski definition) is 3. The maximum absolute atomic E-state index is 12.6. The highest BCUT2D eigenvalue weighted by molar-refractivity contribution is 7.47. The summed E-state index contributed by atoms with van der Waals surface area (Å²) in [7, 11) is -4.35. The van der Waals surface area contributed by atoms with E-state index in [1.54, 1.807) is 18.4 Å². The second-order valence-corrected chi connectivity index (χ2v) is 14.5. The van der Waals surface area contributed by atoms with Crippen molar-refractivity contribution in [1.82, 2.24) is 0 Å². The van der Waals surface area contributed by atoms with Gasteiger partial charge in [-0.25, -0.2) is 4.57 Å². The van der Waals surface area contributed by atoms with Crippen molar-refractivity contribution < 1.29 is 37.9 Å². The first-order valence-electron chi connectivity index (χ1n) is 20.2. The Balaban J connectivity index is 4.37. The maximum atomic E-state index is 12.6. The third kappa shape index (κ3) is 39.0. The van der Waals surface area contributed by atoms with Gasteiger partial charge >= 0.3 is 13.8 Å². The Morgan fingerprint density at radius 2 is 1.28 bits per heavy atom. The van der Waals surface area contributed by atoms with Gasteiger partial charge in [-0.2, -0.15) is 0 Å². The molecule has 0 saturated carbocycles. The van der Waals surface area contributed by atoms with E-state index in [-0.39, 0.29) is 32.8 Å². The standard InChI is InChI=1S/C43H74NO8P/c1-3-5-7-9-11-13-15-17-18-19-21-23-25-27-29-31-37-49-39-42(40-51-53(47,48)50-38-36-44)52-43(46)35-32-34-41(45)33-30-28-26-24-22-20-16-14-12-10-8-6-4-2/h6,8,12-15,20,22,26,28,30-31,33,37,41-42,45H,3-5,7,9-11,16-19,21,23-25,27,29,32,34-36,38-40,44H2,1-2H3,(H,47,48)/b8-6-,14-12-,15-13-,22-20-,28-26-,33-30+,37-31+/t41?,42-/m1/s1. The summed E-state index contributed by atoms with van der Waals surface area (Å²) >= 11 is 0. The maximum Gasteiger partial charge on any atom is 0.472 e. The molecule has 4 N–H and O–H groups in total. The molecule has 3 atom stereocenters. The smallest absolute Gasteiger partial charge is 0.472 e. The summed E-state index contributed by atoms with van der Waals surface area (Å²) in [4.78, 5) is 22.4. The van der Waals surface area contributed by atoms with Crippen molar-refractivity contribution in [3.8, 4) is 0 Å². The fraction of sp³-hybridized carbons (Fsp3) is 0.651. The van der Waals surface area contributed by atoms with E-state index in [2.05, 4.69) is 62.5 Å². The van der Waals surface area contributed by atoms with Crippen LogP contribution in [0, 0.1) is 0 Å². The van der Waals surface area contributed by atoms with Gasteiger partial charge in [0.1, 0.15) is 6.61 Å². The summed E-state index contributed by atoms with van der Waals surface area (Å²) in [6, 6.07) is 0. The Hall–Kier alpha value is -2.52. The van der Waals surface area contributed by atoms with Crippen molar-refractivity contribution >= 4 is 13.8 Å². The van der Waals surface area contributed by atoms with E-state index in [1.165, 1.54) is 64.2 Å². The fourth-order valence-electron chi connectivity index (χ4n) is 4.98. The molecule has 0 spiro atoms. The Labute approximate surface area is 322 Å². The van der Waals surface area contributed by atoms with Gasteiger partial charge in [0.15, 0.2) is 6.10 Å². The van der Waals surface area contributed by atoms with Crippen molar-refractivity contribution in [2.24, 2.45) is 5.73 Å². The van der Waals surface area contributed by atoms with Crippen LogP contribution in [0.15, 0.2) is 85.3 Å². The van der Waals surface area contributed by atoms with Gasteiger partial charge in [-0.1, -0.05) is 132 Å². The molecule has 0 aliphatic carbocycles. The minimum atomic E-state index is -4.35. The van der Waals surface area contributed by atoms with Crippen molar-refractivity contribution in [3.63, 3.8) is 0 Å². The van der Waals surface area contributed by atoms with Crippen LogP contribution < -0.4 is 5.73 Å². The lowest BCUT2D eigenvalue weighted by Crippen LogP contribution is -2.28. The summed E-state index contributed by atoms with van der Waals surface area (Å²) in [5.74, 6) is -0.518. The number of nitrogens with two attached hydrogens (primary N) is 1. The molecule has 304 valence electrons. The molecule has 0 aromatic carbocycles. The zero-order valence-corrected chi connectivity index (χ0v) is 34.0. The van der Waals surface area contributed by atoms with E-state index < -0.39 is 26.0 Å². The Kier molecular flexibility index (Phi) is 37.3. The Morgan fingerprint density at radius 3 is 1.91 bits per heavy atom. The zero-order chi connectivity index (χ0) is 38.9. The van der Waals surface area contributed by atoms with Gasteiger partial charge in [0.05, 0.1) is 25.6 Å². The fourth-order valence-corrected chi connectivity index (χ4v) is 5.75. The van der Waals surface area contributed by atoms with Crippen LogP contribution in [-0.4, -0.2) is 54.5 Å². The Morgan fingerprint density at radius 1 is 0.698 bits per heavy atom. The average Bonchev–Trinajstić information content (AvgIpc) is 3.14. The van der Waals surface area contributed by atoms with E-state index in [0.717, 1.165) is 44.9 Å². The topological polar surface area (TPSA) is 138 Å². The molecule has 0 saturated heterocycles. The number of phosphoric ester groups is 1. The van der Waals surface area contributed by atoms with Gasteiger partial charge in [0.2, 0.25) is 0 Å². The summed E-state index contributed by atoms with van der Waals surface area (Å²) < 4.78 is 33.0. The molecule has 0 aliphatic heterocycles. The summed E-state index contributed by atoms with van der Waals surface area (Å²) in [6.07, 6.45) is 47.2. The largest absolute Gasteiger partial charge is 0.498 e. The minimum Gasteiger partial charge on any atom is -0.498 e. The quantitative estimate of drug-likeness (QED) is 0.0141. The molecule has 0 amide bonds. The number of carbonyl (C=O) groups is 1. The van der Waals surface area contributed by atoms with Crippen molar-refractivity contribution in [1.29, 1.82) is 0 Å². The molecule has 10 heteroatoms. The highest BCUT2D eigenvalue weighted by Crippen LogP contribution is 2.43. The van der Waals surface area contributed by atoms with Crippen LogP contribution in [0.25, 0.3) is 0 Å². The lowest BCUT2D eigenvalue weighted by Gasteiger charge is -2.19. The first-order chi connectivity index (χ1) is 25.8. The SMILES string of the molecule is CC/C=C\C/C=C\C/C=C\C/C=C\C=C\C(O)CCCC(=O)O[C@H](CO/C=C/CCCCCCCC/C=C\CCCCCC)COP(=O)(O)OCCN. The van der Waals surface area contributed by atoms with Crippen LogP contribution in [0.5, 0.6) is 0 Å². The molecule has 0 aromatic rings. The monoisotopic (exact) mass is 764 g/mol. The number of allylic oxidation sites excluding steroid dienone is 12. The number of ether oxygens (including phenoxy) is 2. The van der Waals surface area contributed by atoms with E-state index >= 15 is 0 Å².